The van der Waals surface area contributed by atoms with Crippen LogP contribution in [0.3, 0.4) is 0 Å². The molecule has 0 aromatic heterocycles. The Morgan fingerprint density at radius 1 is 1.57 bits per heavy atom. The minimum absolute atomic E-state index is 0.195. The molecule has 3 heteroatoms. The van der Waals surface area contributed by atoms with Gasteiger partial charge in [-0.05, 0) is 0 Å². The summed E-state index contributed by atoms with van der Waals surface area (Å²) in [5.74, 6) is -0.201. The number of hydrogen-bond acceptors (Lipinski definition) is 2. The Morgan fingerprint density at radius 2 is 2.00 bits per heavy atom. The summed E-state index contributed by atoms with van der Waals surface area (Å²) in [5, 5.41) is 0. The predicted octanol–water partition coefficient (Wildman–Crippen LogP) is 0.342. The fraction of sp³-hybridized carbons (Fsp3) is 0.750. The summed E-state index contributed by atoms with van der Waals surface area (Å²) in [6.45, 7) is 1.41. The standard InChI is InChI=1S/C4H9O2S/c1-4(5)6-7(2)3/h1-3H3/q+1. The molecule has 7 heavy (non-hydrogen) atoms. The van der Waals surface area contributed by atoms with Crippen molar-refractivity contribution in [2.45, 2.75) is 6.92 Å². The average molecular weight is 121 g/mol. The summed E-state index contributed by atoms with van der Waals surface area (Å²) in [7, 11) is 0. The first kappa shape index (κ1) is 6.82. The van der Waals surface area contributed by atoms with E-state index in [1.165, 1.54) is 6.92 Å². The number of hydrogen-bond donors (Lipinski definition) is 0. The van der Waals surface area contributed by atoms with Crippen LogP contribution in [0.25, 0.3) is 0 Å². The van der Waals surface area contributed by atoms with E-state index in [2.05, 4.69) is 4.18 Å². The first-order chi connectivity index (χ1) is 3.13. The summed E-state index contributed by atoms with van der Waals surface area (Å²) in [4.78, 5) is 10.0. The Labute approximate surface area is 46.4 Å². The average Bonchev–Trinajstić information content (AvgIpc) is 1.27. The third-order valence-electron chi connectivity index (χ3n) is 0.284. The molecule has 0 saturated heterocycles. The normalized spacial score (nSPS) is 9.14. The molecule has 0 heterocycles. The van der Waals surface area contributed by atoms with Gasteiger partial charge in [-0.15, -0.1) is 0 Å². The number of carbonyl (C=O) groups excluding carboxylic acids is 1. The van der Waals surface area contributed by atoms with Gasteiger partial charge in [-0.3, -0.25) is 0 Å². The maximum atomic E-state index is 10.0. The van der Waals surface area contributed by atoms with Gasteiger partial charge in [0.1, 0.15) is 12.5 Å². The van der Waals surface area contributed by atoms with Crippen LogP contribution >= 0.6 is 0 Å². The molecule has 0 amide bonds. The number of carbonyl (C=O) groups is 1. The van der Waals surface area contributed by atoms with Crippen LogP contribution in [0, 0.1) is 0 Å². The van der Waals surface area contributed by atoms with Crippen molar-refractivity contribution in [2.24, 2.45) is 0 Å². The van der Waals surface area contributed by atoms with E-state index < -0.39 is 0 Å². The maximum absolute atomic E-state index is 10.0. The highest BCUT2D eigenvalue weighted by atomic mass is 32.2. The van der Waals surface area contributed by atoms with Crippen molar-refractivity contribution in [3.8, 4) is 0 Å². The fourth-order valence-electron chi connectivity index (χ4n) is 0.235. The fourth-order valence-corrected chi connectivity index (χ4v) is 0.704. The SMILES string of the molecule is CC(=O)O[S+](C)C. The summed E-state index contributed by atoms with van der Waals surface area (Å²) >= 11 is -0.195. The molecule has 42 valence electrons. The third kappa shape index (κ3) is 5.82. The van der Waals surface area contributed by atoms with Crippen molar-refractivity contribution in [3.63, 3.8) is 0 Å². The molecule has 0 saturated carbocycles. The second-order valence-electron chi connectivity index (χ2n) is 1.32. The summed E-state index contributed by atoms with van der Waals surface area (Å²) in [6.07, 6.45) is 3.70. The predicted molar refractivity (Wildman–Crippen MR) is 31.0 cm³/mol. The van der Waals surface area contributed by atoms with E-state index in [0.29, 0.717) is 0 Å². The highest BCUT2D eigenvalue weighted by Gasteiger charge is 2.05. The van der Waals surface area contributed by atoms with Crippen LogP contribution in [0.2, 0.25) is 0 Å². The van der Waals surface area contributed by atoms with Crippen molar-refractivity contribution in [1.29, 1.82) is 0 Å². The van der Waals surface area contributed by atoms with Crippen molar-refractivity contribution >= 4 is 17.1 Å². The van der Waals surface area contributed by atoms with Crippen molar-refractivity contribution in [1.82, 2.24) is 0 Å². The Morgan fingerprint density at radius 3 is 2.00 bits per heavy atom. The van der Waals surface area contributed by atoms with Crippen LogP contribution in [0.5, 0.6) is 0 Å². The van der Waals surface area contributed by atoms with Crippen LogP contribution in [0.15, 0.2) is 0 Å². The van der Waals surface area contributed by atoms with Crippen LogP contribution in [0.4, 0.5) is 0 Å². The number of rotatable bonds is 1. The van der Waals surface area contributed by atoms with E-state index in [1.54, 1.807) is 0 Å². The highest BCUT2D eigenvalue weighted by molar-refractivity contribution is 7.91. The quantitative estimate of drug-likeness (QED) is 0.468. The van der Waals surface area contributed by atoms with E-state index >= 15 is 0 Å². The van der Waals surface area contributed by atoms with Crippen LogP contribution in [-0.4, -0.2) is 18.5 Å². The van der Waals surface area contributed by atoms with Crippen molar-refractivity contribution < 1.29 is 8.98 Å². The van der Waals surface area contributed by atoms with E-state index in [4.69, 9.17) is 0 Å². The molecule has 0 aromatic rings. The Hall–Kier alpha value is -0.180. The lowest BCUT2D eigenvalue weighted by Crippen LogP contribution is -2.05. The topological polar surface area (TPSA) is 26.3 Å². The second-order valence-corrected chi connectivity index (χ2v) is 2.97. The summed E-state index contributed by atoms with van der Waals surface area (Å²) in [6, 6.07) is 0. The first-order valence-corrected chi connectivity index (χ1v) is 3.86. The monoisotopic (exact) mass is 121 g/mol. The van der Waals surface area contributed by atoms with E-state index in [-0.39, 0.29) is 17.1 Å². The molecular weight excluding hydrogens is 112 g/mol. The summed E-state index contributed by atoms with van der Waals surface area (Å²) < 4.78 is 4.64. The van der Waals surface area contributed by atoms with Gasteiger partial charge < -0.3 is 0 Å². The lowest BCUT2D eigenvalue weighted by molar-refractivity contribution is -0.130. The summed E-state index contributed by atoms with van der Waals surface area (Å²) in [5.41, 5.74) is 0. The second kappa shape index (κ2) is 2.91. The van der Waals surface area contributed by atoms with E-state index in [9.17, 15) is 4.79 Å². The minimum atomic E-state index is -0.201. The van der Waals surface area contributed by atoms with E-state index in [1.807, 2.05) is 12.5 Å². The lowest BCUT2D eigenvalue weighted by atomic mass is 10.9. The maximum Gasteiger partial charge on any atom is 0.361 e. The molecule has 0 rings (SSSR count). The van der Waals surface area contributed by atoms with Gasteiger partial charge in [0.15, 0.2) is 11.2 Å². The molecular formula is C4H9O2S+. The Bertz CT molecular complexity index is 70.1. The van der Waals surface area contributed by atoms with Gasteiger partial charge in [0.25, 0.3) is 0 Å². The Balaban J connectivity index is 3.13. The molecule has 0 bridgehead atoms. The lowest BCUT2D eigenvalue weighted by Gasteiger charge is -1.88. The molecule has 0 aromatic carbocycles. The largest absolute Gasteiger partial charge is 0.361 e. The Kier molecular flexibility index (Phi) is 2.83. The molecule has 0 radical (unpaired) electrons. The van der Waals surface area contributed by atoms with Crippen LogP contribution in [0.1, 0.15) is 6.92 Å². The molecule has 0 aliphatic rings. The molecule has 0 fully saturated rings. The third-order valence-corrected chi connectivity index (χ3v) is 0.852. The van der Waals surface area contributed by atoms with Crippen LogP contribution < -0.4 is 0 Å². The van der Waals surface area contributed by atoms with E-state index in [0.717, 1.165) is 0 Å². The molecule has 0 unspecified atom stereocenters. The molecule has 0 aliphatic heterocycles. The zero-order chi connectivity index (χ0) is 5.86. The van der Waals surface area contributed by atoms with Gasteiger partial charge in [0, 0.05) is 6.92 Å². The molecule has 0 atom stereocenters. The zero-order valence-corrected chi connectivity index (χ0v) is 5.54. The molecule has 0 spiro atoms. The van der Waals surface area contributed by atoms with Gasteiger partial charge >= 0.3 is 5.97 Å². The van der Waals surface area contributed by atoms with Gasteiger partial charge in [0.2, 0.25) is 0 Å². The molecule has 0 aliphatic carbocycles. The van der Waals surface area contributed by atoms with Gasteiger partial charge in [-0.25, -0.2) is 8.98 Å². The van der Waals surface area contributed by atoms with Gasteiger partial charge in [-0.1, -0.05) is 0 Å². The molecule has 2 nitrogen and oxygen atoms in total. The molecule has 0 N–H and O–H groups in total. The van der Waals surface area contributed by atoms with Crippen molar-refractivity contribution in [3.05, 3.63) is 0 Å². The zero-order valence-electron chi connectivity index (χ0n) is 4.72. The van der Waals surface area contributed by atoms with Crippen molar-refractivity contribution in [2.75, 3.05) is 12.5 Å². The minimum Gasteiger partial charge on any atom is -0.249 e. The van der Waals surface area contributed by atoms with Gasteiger partial charge in [-0.2, -0.15) is 0 Å². The smallest absolute Gasteiger partial charge is 0.249 e. The highest BCUT2D eigenvalue weighted by Crippen LogP contribution is 1.85. The first-order valence-electron chi connectivity index (χ1n) is 1.89. The van der Waals surface area contributed by atoms with Crippen LogP contribution in [-0.2, 0) is 20.2 Å². The van der Waals surface area contributed by atoms with Gasteiger partial charge in [0.05, 0.1) is 0 Å².